The minimum atomic E-state index is 0.0779. The Morgan fingerprint density at radius 1 is 1.32 bits per heavy atom. The van der Waals surface area contributed by atoms with Crippen molar-refractivity contribution in [2.45, 2.75) is 75.7 Å². The summed E-state index contributed by atoms with van der Waals surface area (Å²) < 4.78 is 0.378. The van der Waals surface area contributed by atoms with Crippen LogP contribution in [0, 0.1) is 0 Å². The Morgan fingerprint density at radius 3 is 2.58 bits per heavy atom. The monoisotopic (exact) mass is 284 g/mol. The molecule has 1 saturated heterocycles. The minimum Gasteiger partial charge on any atom is -0.324 e. The summed E-state index contributed by atoms with van der Waals surface area (Å²) in [6.07, 6.45) is 10.5. The van der Waals surface area contributed by atoms with Crippen molar-refractivity contribution in [2.75, 3.05) is 12.8 Å². The second kappa shape index (κ2) is 6.49. The van der Waals surface area contributed by atoms with Gasteiger partial charge in [0.05, 0.1) is 12.2 Å². The lowest BCUT2D eigenvalue weighted by atomic mass is 10.1. The Morgan fingerprint density at radius 2 is 2.05 bits per heavy atom. The summed E-state index contributed by atoms with van der Waals surface area (Å²) in [5, 5.41) is 3.57. The molecular weight excluding hydrogens is 256 g/mol. The van der Waals surface area contributed by atoms with Crippen LogP contribution in [0.3, 0.4) is 0 Å². The number of nitrogens with zero attached hydrogens (tertiary/aromatic N) is 1. The molecule has 1 heterocycles. The van der Waals surface area contributed by atoms with Crippen LogP contribution in [0.1, 0.15) is 58.8 Å². The summed E-state index contributed by atoms with van der Waals surface area (Å²) in [7, 11) is 0. The highest BCUT2D eigenvalue weighted by Gasteiger charge is 2.48. The highest BCUT2D eigenvalue weighted by atomic mass is 32.2. The normalized spacial score (nSPS) is 29.0. The summed E-state index contributed by atoms with van der Waals surface area (Å²) in [6.45, 7) is 5.34. The largest absolute Gasteiger partial charge is 0.324 e. The van der Waals surface area contributed by atoms with Gasteiger partial charge in [-0.25, -0.2) is 0 Å². The van der Waals surface area contributed by atoms with Gasteiger partial charge in [-0.05, 0) is 31.9 Å². The third-order valence-electron chi connectivity index (χ3n) is 4.46. The summed E-state index contributed by atoms with van der Waals surface area (Å²) in [6, 6.07) is 0.0779. The number of unbranched alkanes of at least 4 members (excludes halogenated alkanes) is 1. The molecule has 1 amide bonds. The zero-order chi connectivity index (χ0) is 13.9. The zero-order valence-corrected chi connectivity index (χ0v) is 13.4. The van der Waals surface area contributed by atoms with E-state index in [-0.39, 0.29) is 12.2 Å². The maximum atomic E-state index is 12.6. The van der Waals surface area contributed by atoms with Crippen molar-refractivity contribution < 1.29 is 4.79 Å². The van der Waals surface area contributed by atoms with E-state index in [0.717, 1.165) is 32.2 Å². The summed E-state index contributed by atoms with van der Waals surface area (Å²) in [5.74, 6) is 0.354. The third-order valence-corrected chi connectivity index (χ3v) is 5.86. The van der Waals surface area contributed by atoms with Crippen molar-refractivity contribution in [2.24, 2.45) is 0 Å². The molecule has 2 fully saturated rings. The van der Waals surface area contributed by atoms with Crippen molar-refractivity contribution in [3.8, 4) is 0 Å². The van der Waals surface area contributed by atoms with Gasteiger partial charge in [0.2, 0.25) is 5.91 Å². The van der Waals surface area contributed by atoms with E-state index in [2.05, 4.69) is 30.3 Å². The maximum absolute atomic E-state index is 12.6. The van der Waals surface area contributed by atoms with Crippen LogP contribution in [0.5, 0.6) is 0 Å². The lowest BCUT2D eigenvalue weighted by Gasteiger charge is -2.27. The number of hydrogen-bond acceptors (Lipinski definition) is 3. The predicted molar refractivity (Wildman–Crippen MR) is 82.3 cm³/mol. The third kappa shape index (κ3) is 3.46. The highest BCUT2D eigenvalue weighted by molar-refractivity contribution is 8.00. The Hall–Kier alpha value is -0.220. The fourth-order valence-electron chi connectivity index (χ4n) is 2.94. The van der Waals surface area contributed by atoms with Crippen LogP contribution in [0.25, 0.3) is 0 Å². The number of hydrogen-bond donors (Lipinski definition) is 1. The van der Waals surface area contributed by atoms with Crippen LogP contribution < -0.4 is 5.32 Å². The van der Waals surface area contributed by atoms with Crippen molar-refractivity contribution in [1.29, 1.82) is 0 Å². The van der Waals surface area contributed by atoms with E-state index in [1.54, 1.807) is 0 Å². The quantitative estimate of drug-likeness (QED) is 0.743. The van der Waals surface area contributed by atoms with E-state index in [1.807, 2.05) is 11.8 Å². The molecule has 1 saturated carbocycles. The fourth-order valence-corrected chi connectivity index (χ4v) is 3.72. The van der Waals surface area contributed by atoms with Gasteiger partial charge in [0.25, 0.3) is 0 Å². The van der Waals surface area contributed by atoms with Crippen LogP contribution in [0.2, 0.25) is 0 Å². The second-order valence-corrected chi connectivity index (χ2v) is 7.29. The first-order chi connectivity index (χ1) is 9.15. The molecule has 3 nitrogen and oxygen atoms in total. The van der Waals surface area contributed by atoms with E-state index in [0.29, 0.717) is 10.7 Å². The Balaban J connectivity index is 1.98. The average Bonchev–Trinajstić information content (AvgIpc) is 3.13. The average molecular weight is 284 g/mol. The molecule has 110 valence electrons. The summed E-state index contributed by atoms with van der Waals surface area (Å²) in [5.41, 5.74) is 0. The van der Waals surface area contributed by atoms with Crippen molar-refractivity contribution >= 4 is 17.7 Å². The van der Waals surface area contributed by atoms with Gasteiger partial charge < -0.3 is 4.90 Å². The Bertz CT molecular complexity index is 317. The number of thioether (sulfide) groups is 1. The van der Waals surface area contributed by atoms with Crippen molar-refractivity contribution in [3.05, 3.63) is 0 Å². The predicted octanol–water partition coefficient (Wildman–Crippen LogP) is 3.00. The first kappa shape index (κ1) is 15.2. The summed E-state index contributed by atoms with van der Waals surface area (Å²) >= 11 is 1.94. The van der Waals surface area contributed by atoms with Gasteiger partial charge in [-0.15, -0.1) is 0 Å². The minimum absolute atomic E-state index is 0.0779. The van der Waals surface area contributed by atoms with E-state index < -0.39 is 0 Å². The SMILES string of the molecule is CCCCC1NC(CCC)N(CC2(SC)CC2)C1=O. The van der Waals surface area contributed by atoms with Gasteiger partial charge in [-0.3, -0.25) is 10.1 Å². The molecule has 2 aliphatic rings. The molecule has 0 radical (unpaired) electrons. The van der Waals surface area contributed by atoms with Crippen LogP contribution in [0.4, 0.5) is 0 Å². The molecule has 0 aromatic heterocycles. The molecule has 1 aliphatic carbocycles. The van der Waals surface area contributed by atoms with Gasteiger partial charge in [0.1, 0.15) is 0 Å². The molecule has 2 atom stereocenters. The topological polar surface area (TPSA) is 32.3 Å². The van der Waals surface area contributed by atoms with Crippen molar-refractivity contribution in [3.63, 3.8) is 0 Å². The van der Waals surface area contributed by atoms with E-state index >= 15 is 0 Å². The molecular formula is C15H28N2OS. The number of amides is 1. The summed E-state index contributed by atoms with van der Waals surface area (Å²) in [4.78, 5) is 14.7. The lowest BCUT2D eigenvalue weighted by Crippen LogP contribution is -2.41. The Kier molecular flexibility index (Phi) is 5.18. The van der Waals surface area contributed by atoms with Crippen LogP contribution in [-0.2, 0) is 4.79 Å². The molecule has 0 aromatic rings. The van der Waals surface area contributed by atoms with Crippen molar-refractivity contribution in [1.82, 2.24) is 10.2 Å². The number of rotatable bonds is 8. The second-order valence-electron chi connectivity index (χ2n) is 6.02. The molecule has 4 heteroatoms. The molecule has 1 N–H and O–H groups in total. The fraction of sp³-hybridized carbons (Fsp3) is 0.933. The number of carbonyl (C=O) groups excluding carboxylic acids is 1. The van der Waals surface area contributed by atoms with Gasteiger partial charge in [0.15, 0.2) is 0 Å². The van der Waals surface area contributed by atoms with Gasteiger partial charge >= 0.3 is 0 Å². The van der Waals surface area contributed by atoms with Gasteiger partial charge in [-0.1, -0.05) is 33.1 Å². The van der Waals surface area contributed by atoms with E-state index in [9.17, 15) is 4.79 Å². The first-order valence-corrected chi connectivity index (χ1v) is 9.00. The van der Waals surface area contributed by atoms with Crippen LogP contribution in [-0.4, -0.2) is 40.6 Å². The molecule has 2 rings (SSSR count). The van der Waals surface area contributed by atoms with Gasteiger partial charge in [-0.2, -0.15) is 11.8 Å². The Labute approximate surface area is 121 Å². The van der Waals surface area contributed by atoms with Crippen LogP contribution >= 0.6 is 11.8 Å². The molecule has 19 heavy (non-hydrogen) atoms. The molecule has 0 spiro atoms. The maximum Gasteiger partial charge on any atom is 0.241 e. The standard InChI is InChI=1S/C15H28N2OS/c1-4-6-8-12-14(18)17(13(16-12)7-5-2)11-15(19-3)9-10-15/h12-13,16H,4-11H2,1-3H3. The smallest absolute Gasteiger partial charge is 0.241 e. The van der Waals surface area contributed by atoms with Gasteiger partial charge in [0, 0.05) is 11.3 Å². The van der Waals surface area contributed by atoms with Crippen LogP contribution in [0.15, 0.2) is 0 Å². The molecule has 0 bridgehead atoms. The molecule has 2 unspecified atom stereocenters. The molecule has 0 aromatic carbocycles. The molecule has 1 aliphatic heterocycles. The first-order valence-electron chi connectivity index (χ1n) is 7.77. The van der Waals surface area contributed by atoms with E-state index in [4.69, 9.17) is 0 Å². The zero-order valence-electron chi connectivity index (χ0n) is 12.6. The number of nitrogens with one attached hydrogen (secondary N) is 1. The van der Waals surface area contributed by atoms with E-state index in [1.165, 1.54) is 19.3 Å². The highest BCUT2D eigenvalue weighted by Crippen LogP contribution is 2.48. The lowest BCUT2D eigenvalue weighted by molar-refractivity contribution is -0.130. The number of carbonyl (C=O) groups is 1.